The summed E-state index contributed by atoms with van der Waals surface area (Å²) < 4.78 is 10.4. The molecule has 2 rings (SSSR count). The standard InChI is InChI=1S/C7H12O4S2/c1-10-7-5(9)4(8)6-3(11-7)2-12-13-6/h3-9H,2H2,1H3. The molecule has 2 aliphatic rings. The third-order valence-electron chi connectivity index (χ3n) is 2.28. The molecular weight excluding hydrogens is 212 g/mol. The Balaban J connectivity index is 2.08. The molecule has 13 heavy (non-hydrogen) atoms. The summed E-state index contributed by atoms with van der Waals surface area (Å²) in [6.07, 6.45) is -2.37. The average molecular weight is 224 g/mol. The Kier molecular flexibility index (Phi) is 3.07. The van der Waals surface area contributed by atoms with Gasteiger partial charge in [0.05, 0.1) is 11.4 Å². The maximum atomic E-state index is 9.71. The molecule has 2 fully saturated rings. The Hall–Kier alpha value is 0.540. The molecule has 0 radical (unpaired) electrons. The molecule has 4 nitrogen and oxygen atoms in total. The van der Waals surface area contributed by atoms with E-state index in [1.807, 2.05) is 0 Å². The van der Waals surface area contributed by atoms with Crippen LogP contribution in [-0.2, 0) is 9.47 Å². The van der Waals surface area contributed by atoms with E-state index in [9.17, 15) is 10.2 Å². The summed E-state index contributed by atoms with van der Waals surface area (Å²) in [5.41, 5.74) is 0. The van der Waals surface area contributed by atoms with Crippen LogP contribution in [0.1, 0.15) is 0 Å². The zero-order chi connectivity index (χ0) is 9.42. The van der Waals surface area contributed by atoms with Crippen molar-refractivity contribution in [3.8, 4) is 0 Å². The summed E-state index contributed by atoms with van der Waals surface area (Å²) in [7, 11) is 4.71. The predicted octanol–water partition coefficient (Wildman–Crippen LogP) is -0.157. The molecule has 76 valence electrons. The first-order chi connectivity index (χ1) is 6.24. The molecule has 5 unspecified atom stereocenters. The SMILES string of the molecule is COC1OC2CSSC2C(O)C1O. The van der Waals surface area contributed by atoms with Gasteiger partial charge in [0.1, 0.15) is 12.2 Å². The van der Waals surface area contributed by atoms with Crippen molar-refractivity contribution in [2.24, 2.45) is 0 Å². The molecule has 0 aliphatic carbocycles. The molecule has 2 aliphatic heterocycles. The first kappa shape index (κ1) is 10.1. The number of aliphatic hydroxyl groups is 2. The molecule has 2 heterocycles. The van der Waals surface area contributed by atoms with Crippen molar-refractivity contribution in [3.05, 3.63) is 0 Å². The molecule has 5 atom stereocenters. The van der Waals surface area contributed by atoms with Crippen LogP contribution in [0, 0.1) is 0 Å². The summed E-state index contributed by atoms with van der Waals surface area (Å²) in [4.78, 5) is 0. The molecular formula is C7H12O4S2. The molecule has 0 aromatic heterocycles. The number of hydrogen-bond acceptors (Lipinski definition) is 6. The lowest BCUT2D eigenvalue weighted by Crippen LogP contribution is -2.55. The fraction of sp³-hybridized carbons (Fsp3) is 1.00. The van der Waals surface area contributed by atoms with Crippen LogP contribution in [0.5, 0.6) is 0 Å². The smallest absolute Gasteiger partial charge is 0.186 e. The van der Waals surface area contributed by atoms with E-state index in [0.717, 1.165) is 5.75 Å². The monoisotopic (exact) mass is 224 g/mol. The Morgan fingerprint density at radius 2 is 2.15 bits per heavy atom. The van der Waals surface area contributed by atoms with E-state index >= 15 is 0 Å². The van der Waals surface area contributed by atoms with Crippen LogP contribution in [0.2, 0.25) is 0 Å². The van der Waals surface area contributed by atoms with Gasteiger partial charge < -0.3 is 19.7 Å². The van der Waals surface area contributed by atoms with Crippen molar-refractivity contribution in [2.45, 2.75) is 29.9 Å². The van der Waals surface area contributed by atoms with Crippen LogP contribution in [0.4, 0.5) is 0 Å². The lowest BCUT2D eigenvalue weighted by molar-refractivity contribution is -0.249. The second kappa shape index (κ2) is 3.96. The molecule has 2 N–H and O–H groups in total. The fourth-order valence-corrected chi connectivity index (χ4v) is 4.70. The van der Waals surface area contributed by atoms with Gasteiger partial charge in [-0.2, -0.15) is 0 Å². The van der Waals surface area contributed by atoms with E-state index in [4.69, 9.17) is 9.47 Å². The van der Waals surface area contributed by atoms with Gasteiger partial charge in [-0.3, -0.25) is 0 Å². The van der Waals surface area contributed by atoms with Crippen molar-refractivity contribution < 1.29 is 19.7 Å². The largest absolute Gasteiger partial charge is 0.389 e. The predicted molar refractivity (Wildman–Crippen MR) is 51.5 cm³/mol. The Morgan fingerprint density at radius 3 is 2.85 bits per heavy atom. The van der Waals surface area contributed by atoms with Crippen molar-refractivity contribution in [1.82, 2.24) is 0 Å². The average Bonchev–Trinajstić information content (AvgIpc) is 2.59. The normalized spacial score (nSPS) is 50.5. The minimum Gasteiger partial charge on any atom is -0.389 e. The Morgan fingerprint density at radius 1 is 1.38 bits per heavy atom. The molecule has 0 bridgehead atoms. The number of rotatable bonds is 1. The van der Waals surface area contributed by atoms with Crippen LogP contribution in [0.25, 0.3) is 0 Å². The van der Waals surface area contributed by atoms with Gasteiger partial charge in [0.2, 0.25) is 0 Å². The van der Waals surface area contributed by atoms with Crippen molar-refractivity contribution in [2.75, 3.05) is 12.9 Å². The number of fused-ring (bicyclic) bond motifs is 1. The minimum absolute atomic E-state index is 0.00153. The maximum absolute atomic E-state index is 9.71. The summed E-state index contributed by atoms with van der Waals surface area (Å²) in [5, 5.41) is 19.2. The zero-order valence-electron chi connectivity index (χ0n) is 7.12. The number of aliphatic hydroxyl groups excluding tert-OH is 2. The summed E-state index contributed by atoms with van der Waals surface area (Å²) in [6, 6.07) is 0. The van der Waals surface area contributed by atoms with E-state index in [0.29, 0.717) is 0 Å². The van der Waals surface area contributed by atoms with Crippen LogP contribution in [0.15, 0.2) is 0 Å². The second-order valence-electron chi connectivity index (χ2n) is 3.11. The zero-order valence-corrected chi connectivity index (χ0v) is 8.75. The topological polar surface area (TPSA) is 58.9 Å². The van der Waals surface area contributed by atoms with Gasteiger partial charge >= 0.3 is 0 Å². The summed E-state index contributed by atoms with van der Waals surface area (Å²) in [6.45, 7) is 0. The molecule has 0 amide bonds. The van der Waals surface area contributed by atoms with E-state index in [2.05, 4.69) is 0 Å². The minimum atomic E-state index is -0.933. The molecule has 0 saturated carbocycles. The van der Waals surface area contributed by atoms with E-state index in [-0.39, 0.29) is 11.4 Å². The van der Waals surface area contributed by atoms with Crippen molar-refractivity contribution in [3.63, 3.8) is 0 Å². The highest BCUT2D eigenvalue weighted by atomic mass is 33.1. The van der Waals surface area contributed by atoms with Crippen LogP contribution in [0.3, 0.4) is 0 Å². The first-order valence-corrected chi connectivity index (χ1v) is 6.45. The third kappa shape index (κ3) is 1.71. The molecule has 0 spiro atoms. The lowest BCUT2D eigenvalue weighted by Gasteiger charge is -2.37. The highest BCUT2D eigenvalue weighted by Gasteiger charge is 2.47. The van der Waals surface area contributed by atoms with Crippen molar-refractivity contribution >= 4 is 21.6 Å². The molecule has 0 aromatic rings. The second-order valence-corrected chi connectivity index (χ2v) is 5.70. The fourth-order valence-electron chi connectivity index (χ4n) is 1.54. The molecule has 2 saturated heterocycles. The van der Waals surface area contributed by atoms with E-state index in [1.165, 1.54) is 7.11 Å². The van der Waals surface area contributed by atoms with Crippen LogP contribution < -0.4 is 0 Å². The van der Waals surface area contributed by atoms with Crippen LogP contribution >= 0.6 is 21.6 Å². The maximum Gasteiger partial charge on any atom is 0.186 e. The number of methoxy groups -OCH3 is 1. The van der Waals surface area contributed by atoms with Gasteiger partial charge in [-0.1, -0.05) is 21.6 Å². The van der Waals surface area contributed by atoms with Gasteiger partial charge in [-0.15, -0.1) is 0 Å². The van der Waals surface area contributed by atoms with Gasteiger partial charge in [0.25, 0.3) is 0 Å². The first-order valence-electron chi connectivity index (χ1n) is 4.06. The third-order valence-corrected chi connectivity index (χ3v) is 5.17. The van der Waals surface area contributed by atoms with Gasteiger partial charge in [0.15, 0.2) is 6.29 Å². The van der Waals surface area contributed by atoms with Crippen molar-refractivity contribution in [1.29, 1.82) is 0 Å². The Bertz CT molecular complexity index is 191. The van der Waals surface area contributed by atoms with Gasteiger partial charge in [-0.25, -0.2) is 0 Å². The highest BCUT2D eigenvalue weighted by Crippen LogP contribution is 2.44. The Labute approximate surface area is 84.4 Å². The van der Waals surface area contributed by atoms with Gasteiger partial charge in [0, 0.05) is 12.9 Å². The summed E-state index contributed by atoms with van der Waals surface area (Å²) in [5.74, 6) is 0.846. The molecule has 0 aromatic carbocycles. The van der Waals surface area contributed by atoms with E-state index in [1.54, 1.807) is 21.6 Å². The lowest BCUT2D eigenvalue weighted by atomic mass is 10.0. The summed E-state index contributed by atoms with van der Waals surface area (Å²) >= 11 is 0. The van der Waals surface area contributed by atoms with Crippen LogP contribution in [-0.4, -0.2) is 52.9 Å². The number of ether oxygens (including phenoxy) is 2. The number of hydrogen-bond donors (Lipinski definition) is 2. The molecule has 6 heteroatoms. The van der Waals surface area contributed by atoms with E-state index < -0.39 is 18.5 Å². The van der Waals surface area contributed by atoms with Gasteiger partial charge in [-0.05, 0) is 0 Å². The quantitative estimate of drug-likeness (QED) is 0.604. The highest BCUT2D eigenvalue weighted by molar-refractivity contribution is 8.77.